The molecule has 0 N–H and O–H groups in total. The second-order valence-corrected chi connectivity index (χ2v) is 8.36. The van der Waals surface area contributed by atoms with Crippen LogP contribution in [0.3, 0.4) is 0 Å². The number of hydrogen-bond donors (Lipinski definition) is 0. The first-order valence-electron chi connectivity index (χ1n) is 10.4. The SMILES string of the molecule is CCC1CCCCN1C(=O)CSc1nnc(-c2ccc(F)cc2)n1-c1ccccc1. The lowest BCUT2D eigenvalue weighted by atomic mass is 10.0. The van der Waals surface area contributed by atoms with E-state index in [0.717, 1.165) is 37.1 Å². The van der Waals surface area contributed by atoms with Crippen LogP contribution in [0, 0.1) is 5.82 Å². The lowest BCUT2D eigenvalue weighted by Crippen LogP contribution is -2.44. The molecule has 156 valence electrons. The highest BCUT2D eigenvalue weighted by molar-refractivity contribution is 7.99. The fourth-order valence-corrected chi connectivity index (χ4v) is 4.76. The number of likely N-dealkylation sites (tertiary alicyclic amines) is 1. The minimum atomic E-state index is -0.295. The highest BCUT2D eigenvalue weighted by atomic mass is 32.2. The lowest BCUT2D eigenvalue weighted by molar-refractivity contribution is -0.132. The van der Waals surface area contributed by atoms with Gasteiger partial charge in [-0.2, -0.15) is 0 Å². The highest BCUT2D eigenvalue weighted by Crippen LogP contribution is 2.29. The molecule has 2 heterocycles. The van der Waals surface area contributed by atoms with Crippen LogP contribution in [0.5, 0.6) is 0 Å². The molecule has 1 fully saturated rings. The van der Waals surface area contributed by atoms with Crippen LogP contribution in [0.2, 0.25) is 0 Å². The predicted molar refractivity (Wildman–Crippen MR) is 117 cm³/mol. The first kappa shape index (κ1) is 20.6. The van der Waals surface area contributed by atoms with Crippen molar-refractivity contribution >= 4 is 17.7 Å². The molecule has 0 radical (unpaired) electrons. The molecular formula is C23H25FN4OS. The van der Waals surface area contributed by atoms with Crippen LogP contribution in [0.25, 0.3) is 17.1 Å². The van der Waals surface area contributed by atoms with Gasteiger partial charge in [-0.15, -0.1) is 10.2 Å². The van der Waals surface area contributed by atoms with Crippen molar-refractivity contribution in [3.05, 3.63) is 60.4 Å². The van der Waals surface area contributed by atoms with E-state index in [1.165, 1.54) is 30.3 Å². The van der Waals surface area contributed by atoms with E-state index in [4.69, 9.17) is 0 Å². The molecule has 1 saturated heterocycles. The van der Waals surface area contributed by atoms with Gasteiger partial charge in [0.05, 0.1) is 5.75 Å². The number of carbonyl (C=O) groups is 1. The van der Waals surface area contributed by atoms with Crippen LogP contribution < -0.4 is 0 Å². The van der Waals surface area contributed by atoms with Crippen LogP contribution >= 0.6 is 11.8 Å². The number of para-hydroxylation sites is 1. The molecule has 5 nitrogen and oxygen atoms in total. The summed E-state index contributed by atoms with van der Waals surface area (Å²) in [5, 5.41) is 9.37. The Labute approximate surface area is 180 Å². The summed E-state index contributed by atoms with van der Waals surface area (Å²) in [4.78, 5) is 14.9. The molecule has 4 rings (SSSR count). The third kappa shape index (κ3) is 4.41. The summed E-state index contributed by atoms with van der Waals surface area (Å²) in [6.07, 6.45) is 4.34. The number of halogens is 1. The standard InChI is InChI=1S/C23H25FN4OS/c1-2-19-8-6-7-15-27(19)21(29)16-30-23-26-25-22(17-11-13-18(24)14-12-17)28(23)20-9-4-3-5-10-20/h3-5,9-14,19H,2,6-8,15-16H2,1H3. The van der Waals surface area contributed by atoms with Gasteiger partial charge in [0.2, 0.25) is 5.91 Å². The van der Waals surface area contributed by atoms with E-state index in [9.17, 15) is 9.18 Å². The Hall–Kier alpha value is -2.67. The number of rotatable bonds is 6. The van der Waals surface area contributed by atoms with E-state index >= 15 is 0 Å². The summed E-state index contributed by atoms with van der Waals surface area (Å²) < 4.78 is 15.3. The summed E-state index contributed by atoms with van der Waals surface area (Å²) in [6, 6.07) is 16.3. The Bertz CT molecular complexity index is 990. The van der Waals surface area contributed by atoms with Crippen LogP contribution in [-0.4, -0.2) is 43.9 Å². The van der Waals surface area contributed by atoms with Crippen LogP contribution in [0.15, 0.2) is 59.8 Å². The van der Waals surface area contributed by atoms with E-state index in [1.54, 1.807) is 12.1 Å². The van der Waals surface area contributed by atoms with E-state index in [-0.39, 0.29) is 11.7 Å². The summed E-state index contributed by atoms with van der Waals surface area (Å²) in [7, 11) is 0. The zero-order chi connectivity index (χ0) is 20.9. The zero-order valence-electron chi connectivity index (χ0n) is 17.0. The molecular weight excluding hydrogens is 399 g/mol. The number of amides is 1. The third-order valence-corrected chi connectivity index (χ3v) is 6.41. The largest absolute Gasteiger partial charge is 0.339 e. The van der Waals surface area contributed by atoms with Gasteiger partial charge >= 0.3 is 0 Å². The Morgan fingerprint density at radius 3 is 2.60 bits per heavy atom. The third-order valence-electron chi connectivity index (χ3n) is 5.49. The van der Waals surface area contributed by atoms with Crippen molar-refractivity contribution in [2.24, 2.45) is 0 Å². The maximum atomic E-state index is 13.4. The summed E-state index contributed by atoms with van der Waals surface area (Å²) in [6.45, 7) is 2.98. The van der Waals surface area contributed by atoms with Crippen LogP contribution in [-0.2, 0) is 4.79 Å². The summed E-state index contributed by atoms with van der Waals surface area (Å²) >= 11 is 1.40. The first-order chi connectivity index (χ1) is 14.7. The number of aromatic nitrogens is 3. The maximum absolute atomic E-state index is 13.4. The molecule has 30 heavy (non-hydrogen) atoms. The Morgan fingerprint density at radius 1 is 1.10 bits per heavy atom. The molecule has 1 amide bonds. The Kier molecular flexibility index (Phi) is 6.47. The molecule has 1 unspecified atom stereocenters. The second-order valence-electron chi connectivity index (χ2n) is 7.42. The molecule has 0 spiro atoms. The van der Waals surface area contributed by atoms with Gasteiger partial charge in [0.25, 0.3) is 0 Å². The zero-order valence-corrected chi connectivity index (χ0v) is 17.8. The first-order valence-corrected chi connectivity index (χ1v) is 11.3. The predicted octanol–water partition coefficient (Wildman–Crippen LogP) is 4.96. The highest BCUT2D eigenvalue weighted by Gasteiger charge is 2.26. The molecule has 1 atom stereocenters. The van der Waals surface area contributed by atoms with E-state index in [0.29, 0.717) is 22.8 Å². The fraction of sp³-hybridized carbons (Fsp3) is 0.348. The topological polar surface area (TPSA) is 51.0 Å². The Morgan fingerprint density at radius 2 is 1.87 bits per heavy atom. The van der Waals surface area contributed by atoms with Crippen molar-refractivity contribution in [2.45, 2.75) is 43.8 Å². The van der Waals surface area contributed by atoms with Gasteiger partial charge in [-0.25, -0.2) is 4.39 Å². The van der Waals surface area contributed by atoms with Gasteiger partial charge in [0.15, 0.2) is 11.0 Å². The average Bonchev–Trinajstić information content (AvgIpc) is 3.22. The number of hydrogen-bond acceptors (Lipinski definition) is 4. The molecule has 1 aliphatic heterocycles. The fourth-order valence-electron chi connectivity index (χ4n) is 3.92. The normalized spacial score (nSPS) is 16.6. The molecule has 7 heteroatoms. The Balaban J connectivity index is 1.60. The van der Waals surface area contributed by atoms with Crippen molar-refractivity contribution in [1.82, 2.24) is 19.7 Å². The van der Waals surface area contributed by atoms with Gasteiger partial charge in [-0.05, 0) is 62.1 Å². The molecule has 3 aromatic rings. The monoisotopic (exact) mass is 424 g/mol. The van der Waals surface area contributed by atoms with Crippen molar-refractivity contribution in [1.29, 1.82) is 0 Å². The molecule has 0 bridgehead atoms. The van der Waals surface area contributed by atoms with Gasteiger partial charge in [0, 0.05) is 23.8 Å². The van der Waals surface area contributed by atoms with E-state index in [2.05, 4.69) is 17.1 Å². The smallest absolute Gasteiger partial charge is 0.233 e. The minimum Gasteiger partial charge on any atom is -0.339 e. The van der Waals surface area contributed by atoms with Crippen LogP contribution in [0.4, 0.5) is 4.39 Å². The second kappa shape index (κ2) is 9.43. The average molecular weight is 425 g/mol. The molecule has 1 aromatic heterocycles. The van der Waals surface area contributed by atoms with E-state index in [1.807, 2.05) is 39.8 Å². The number of piperidine rings is 1. The minimum absolute atomic E-state index is 0.150. The van der Waals surface area contributed by atoms with Crippen molar-refractivity contribution in [3.63, 3.8) is 0 Å². The van der Waals surface area contributed by atoms with Gasteiger partial charge < -0.3 is 4.90 Å². The van der Waals surface area contributed by atoms with Crippen molar-refractivity contribution < 1.29 is 9.18 Å². The van der Waals surface area contributed by atoms with Gasteiger partial charge in [-0.3, -0.25) is 9.36 Å². The molecule has 1 aliphatic rings. The summed E-state index contributed by atoms with van der Waals surface area (Å²) in [5.74, 6) is 0.806. The molecule has 0 aliphatic carbocycles. The van der Waals surface area contributed by atoms with Crippen molar-refractivity contribution in [2.75, 3.05) is 12.3 Å². The number of carbonyl (C=O) groups excluding carboxylic acids is 1. The van der Waals surface area contributed by atoms with Gasteiger partial charge in [-0.1, -0.05) is 36.9 Å². The summed E-state index contributed by atoms with van der Waals surface area (Å²) in [5.41, 5.74) is 1.68. The number of benzene rings is 2. The van der Waals surface area contributed by atoms with Gasteiger partial charge in [0.1, 0.15) is 5.82 Å². The number of thioether (sulfide) groups is 1. The molecule has 2 aromatic carbocycles. The maximum Gasteiger partial charge on any atom is 0.233 e. The van der Waals surface area contributed by atoms with Crippen LogP contribution in [0.1, 0.15) is 32.6 Å². The van der Waals surface area contributed by atoms with E-state index < -0.39 is 0 Å². The lowest BCUT2D eigenvalue weighted by Gasteiger charge is -2.35. The molecule has 0 saturated carbocycles. The van der Waals surface area contributed by atoms with Crippen molar-refractivity contribution in [3.8, 4) is 17.1 Å². The number of nitrogens with zero attached hydrogens (tertiary/aromatic N) is 4. The quantitative estimate of drug-likeness (QED) is 0.525.